The van der Waals surface area contributed by atoms with E-state index in [0.29, 0.717) is 23.6 Å². The fraction of sp³-hybridized carbons (Fsp3) is 0.778. The van der Waals surface area contributed by atoms with Crippen LogP contribution in [0.15, 0.2) is 6.07 Å². The summed E-state index contributed by atoms with van der Waals surface area (Å²) in [5.74, 6) is 1.73. The third-order valence-corrected chi connectivity index (χ3v) is 6.06. The van der Waals surface area contributed by atoms with Crippen LogP contribution in [0.25, 0.3) is 0 Å². The molecule has 4 atom stereocenters. The molecule has 5 nitrogen and oxygen atoms in total. The first-order valence-corrected chi connectivity index (χ1v) is 9.24. The van der Waals surface area contributed by atoms with Gasteiger partial charge in [0.1, 0.15) is 5.69 Å². The Bertz CT molecular complexity index is 560. The maximum Gasteiger partial charge on any atom is 0.272 e. The molecule has 2 saturated carbocycles. The molecule has 3 aliphatic rings. The van der Waals surface area contributed by atoms with Crippen LogP contribution in [-0.2, 0) is 11.2 Å². The van der Waals surface area contributed by atoms with Crippen molar-refractivity contribution in [2.24, 2.45) is 17.8 Å². The van der Waals surface area contributed by atoms with Crippen molar-refractivity contribution in [1.29, 1.82) is 0 Å². The molecule has 1 aliphatic heterocycles. The number of hydrogen-bond donors (Lipinski definition) is 2. The summed E-state index contributed by atoms with van der Waals surface area (Å²) in [5, 5.41) is 10.4. The SMILES string of the molecule is CCCc1cc(C(=O)N[C@@H]2[C@@H]3CCO[C@@H]3[C@@H]2C2CCCC2)n[nH]1. The second kappa shape index (κ2) is 6.27. The van der Waals surface area contributed by atoms with Crippen LogP contribution >= 0.6 is 0 Å². The number of aromatic nitrogens is 2. The minimum atomic E-state index is -0.0260. The van der Waals surface area contributed by atoms with Gasteiger partial charge in [0, 0.05) is 30.2 Å². The van der Waals surface area contributed by atoms with Crippen LogP contribution in [0.4, 0.5) is 0 Å². The number of hydrogen-bond acceptors (Lipinski definition) is 3. The zero-order valence-corrected chi connectivity index (χ0v) is 13.9. The van der Waals surface area contributed by atoms with E-state index < -0.39 is 0 Å². The first-order chi connectivity index (χ1) is 11.3. The van der Waals surface area contributed by atoms with E-state index in [-0.39, 0.29) is 11.9 Å². The first kappa shape index (κ1) is 15.2. The molecule has 0 radical (unpaired) electrons. The van der Waals surface area contributed by atoms with Crippen molar-refractivity contribution in [2.75, 3.05) is 6.61 Å². The Morgan fingerprint density at radius 1 is 1.39 bits per heavy atom. The lowest BCUT2D eigenvalue weighted by Gasteiger charge is -2.50. The average Bonchev–Trinajstić information content (AvgIpc) is 3.26. The minimum absolute atomic E-state index is 0.0260. The molecule has 1 saturated heterocycles. The van der Waals surface area contributed by atoms with Gasteiger partial charge in [-0.3, -0.25) is 9.89 Å². The number of carbonyl (C=O) groups is 1. The number of nitrogens with zero attached hydrogens (tertiary/aromatic N) is 1. The van der Waals surface area contributed by atoms with Gasteiger partial charge >= 0.3 is 0 Å². The number of aromatic amines is 1. The van der Waals surface area contributed by atoms with E-state index in [9.17, 15) is 4.79 Å². The van der Waals surface area contributed by atoms with E-state index in [0.717, 1.165) is 37.5 Å². The van der Waals surface area contributed by atoms with Gasteiger partial charge in [0.05, 0.1) is 6.10 Å². The maximum absolute atomic E-state index is 12.6. The predicted molar refractivity (Wildman–Crippen MR) is 87.1 cm³/mol. The number of aryl methyl sites for hydroxylation is 1. The Morgan fingerprint density at radius 3 is 3.00 bits per heavy atom. The molecule has 126 valence electrons. The van der Waals surface area contributed by atoms with Gasteiger partial charge in [0.15, 0.2) is 0 Å². The van der Waals surface area contributed by atoms with Gasteiger partial charge in [0.2, 0.25) is 0 Å². The second-order valence-electron chi connectivity index (χ2n) is 7.44. The van der Waals surface area contributed by atoms with Crippen molar-refractivity contribution < 1.29 is 9.53 Å². The molecule has 2 heterocycles. The highest BCUT2D eigenvalue weighted by Gasteiger charge is 2.57. The summed E-state index contributed by atoms with van der Waals surface area (Å²) in [7, 11) is 0. The summed E-state index contributed by atoms with van der Waals surface area (Å²) in [5.41, 5.74) is 1.57. The van der Waals surface area contributed by atoms with Gasteiger partial charge in [0.25, 0.3) is 5.91 Å². The zero-order valence-electron chi connectivity index (χ0n) is 13.9. The Morgan fingerprint density at radius 2 is 2.22 bits per heavy atom. The van der Waals surface area contributed by atoms with E-state index in [1.807, 2.05) is 6.07 Å². The van der Waals surface area contributed by atoms with Gasteiger partial charge in [-0.1, -0.05) is 39.0 Å². The lowest BCUT2D eigenvalue weighted by Crippen LogP contribution is -2.63. The number of rotatable bonds is 5. The zero-order chi connectivity index (χ0) is 15.8. The minimum Gasteiger partial charge on any atom is -0.377 e. The van der Waals surface area contributed by atoms with Crippen LogP contribution in [-0.4, -0.2) is 34.9 Å². The van der Waals surface area contributed by atoms with Crippen molar-refractivity contribution in [3.8, 4) is 0 Å². The fourth-order valence-electron chi connectivity index (χ4n) is 4.96. The Hall–Kier alpha value is -1.36. The summed E-state index contributed by atoms with van der Waals surface area (Å²) in [6.07, 6.45) is 8.72. The van der Waals surface area contributed by atoms with Crippen molar-refractivity contribution in [2.45, 2.75) is 64.0 Å². The molecule has 3 fully saturated rings. The smallest absolute Gasteiger partial charge is 0.272 e. The molecular formula is C18H27N3O2. The van der Waals surface area contributed by atoms with Gasteiger partial charge in [-0.25, -0.2) is 0 Å². The summed E-state index contributed by atoms with van der Waals surface area (Å²) < 4.78 is 5.96. The van der Waals surface area contributed by atoms with E-state index in [2.05, 4.69) is 22.4 Å². The average molecular weight is 317 g/mol. The third-order valence-electron chi connectivity index (χ3n) is 6.06. The van der Waals surface area contributed by atoms with Crippen LogP contribution in [0, 0.1) is 17.8 Å². The van der Waals surface area contributed by atoms with Crippen molar-refractivity contribution in [3.05, 3.63) is 17.5 Å². The van der Waals surface area contributed by atoms with Crippen LogP contribution in [0.3, 0.4) is 0 Å². The molecule has 1 amide bonds. The van der Waals surface area contributed by atoms with E-state index in [1.165, 1.54) is 25.7 Å². The second-order valence-corrected chi connectivity index (χ2v) is 7.44. The van der Waals surface area contributed by atoms with Gasteiger partial charge in [-0.2, -0.15) is 5.10 Å². The highest BCUT2D eigenvalue weighted by Crippen LogP contribution is 2.51. The number of amides is 1. The summed E-state index contributed by atoms with van der Waals surface area (Å²) in [6, 6.07) is 2.18. The summed E-state index contributed by atoms with van der Waals surface area (Å²) in [6.45, 7) is 2.98. The summed E-state index contributed by atoms with van der Waals surface area (Å²) in [4.78, 5) is 12.6. The molecule has 2 N–H and O–H groups in total. The Balaban J connectivity index is 1.44. The molecule has 23 heavy (non-hydrogen) atoms. The molecule has 0 unspecified atom stereocenters. The van der Waals surface area contributed by atoms with Gasteiger partial charge in [-0.15, -0.1) is 0 Å². The molecule has 0 spiro atoms. The quantitative estimate of drug-likeness (QED) is 0.877. The first-order valence-electron chi connectivity index (χ1n) is 9.24. The number of ether oxygens (including phenoxy) is 1. The predicted octanol–water partition coefficient (Wildman–Crippen LogP) is 2.69. The van der Waals surface area contributed by atoms with Crippen LogP contribution in [0.2, 0.25) is 0 Å². The van der Waals surface area contributed by atoms with Gasteiger partial charge in [-0.05, 0) is 24.8 Å². The summed E-state index contributed by atoms with van der Waals surface area (Å²) >= 11 is 0. The van der Waals surface area contributed by atoms with E-state index >= 15 is 0 Å². The highest BCUT2D eigenvalue weighted by molar-refractivity contribution is 5.92. The monoisotopic (exact) mass is 317 g/mol. The lowest BCUT2D eigenvalue weighted by atomic mass is 9.61. The molecule has 1 aromatic heterocycles. The van der Waals surface area contributed by atoms with Crippen LogP contribution in [0.1, 0.15) is 61.6 Å². The Labute approximate surface area is 137 Å². The molecule has 0 bridgehead atoms. The molecule has 1 aromatic rings. The van der Waals surface area contributed by atoms with Crippen molar-refractivity contribution in [1.82, 2.24) is 15.5 Å². The van der Waals surface area contributed by atoms with E-state index in [1.54, 1.807) is 0 Å². The fourth-order valence-corrected chi connectivity index (χ4v) is 4.96. The highest BCUT2D eigenvalue weighted by atomic mass is 16.5. The molecule has 2 aliphatic carbocycles. The Kier molecular flexibility index (Phi) is 4.14. The normalized spacial score (nSPS) is 33.4. The topological polar surface area (TPSA) is 67.0 Å². The van der Waals surface area contributed by atoms with Crippen LogP contribution < -0.4 is 5.32 Å². The number of H-pyrrole nitrogens is 1. The number of fused-ring (bicyclic) bond motifs is 1. The molecule has 5 heteroatoms. The third kappa shape index (κ3) is 2.69. The van der Waals surface area contributed by atoms with Crippen LogP contribution in [0.5, 0.6) is 0 Å². The van der Waals surface area contributed by atoms with Crippen molar-refractivity contribution in [3.63, 3.8) is 0 Å². The van der Waals surface area contributed by atoms with E-state index in [4.69, 9.17) is 4.74 Å². The maximum atomic E-state index is 12.6. The number of nitrogens with one attached hydrogen (secondary N) is 2. The lowest BCUT2D eigenvalue weighted by molar-refractivity contribution is -0.0784. The van der Waals surface area contributed by atoms with Gasteiger partial charge < -0.3 is 10.1 Å². The molecular weight excluding hydrogens is 290 g/mol. The number of carbonyl (C=O) groups excluding carboxylic acids is 1. The largest absolute Gasteiger partial charge is 0.377 e. The standard InChI is InChI=1S/C18H27N3O2/c1-2-5-12-10-14(21-20-12)18(22)19-16-13-8-9-23-17(13)15(16)11-6-3-4-7-11/h10-11,13,15-17H,2-9H2,1H3,(H,19,22)(H,20,21)/t13-,15+,16+,17-/m0/s1. The molecule has 4 rings (SSSR count). The van der Waals surface area contributed by atoms with Crippen molar-refractivity contribution >= 4 is 5.91 Å². The molecule has 0 aromatic carbocycles.